The fourth-order valence-corrected chi connectivity index (χ4v) is 2.59. The lowest BCUT2D eigenvalue weighted by Crippen LogP contribution is -2.44. The number of benzene rings is 1. The Labute approximate surface area is 146 Å². The van der Waals surface area contributed by atoms with E-state index < -0.39 is 23.7 Å². The molecule has 1 saturated heterocycles. The molecule has 2 atom stereocenters. The predicted molar refractivity (Wildman–Crippen MR) is 88.3 cm³/mol. The maximum atomic E-state index is 12.9. The van der Waals surface area contributed by atoms with Gasteiger partial charge in [0, 0.05) is 6.42 Å². The maximum absolute atomic E-state index is 12.9. The molecule has 0 saturated carbocycles. The molecule has 1 amide bonds. The second-order valence-electron chi connectivity index (χ2n) is 6.97. The van der Waals surface area contributed by atoms with Gasteiger partial charge in [-0.25, -0.2) is 14.0 Å². The van der Waals surface area contributed by atoms with E-state index in [1.165, 1.54) is 24.1 Å². The van der Waals surface area contributed by atoms with E-state index >= 15 is 0 Å². The van der Waals surface area contributed by atoms with Crippen LogP contribution >= 0.6 is 0 Å². The Bertz CT molecular complexity index is 611. The number of esters is 1. The number of nitrogens with zero attached hydrogens (tertiary/aromatic N) is 1. The van der Waals surface area contributed by atoms with Crippen molar-refractivity contribution >= 4 is 12.1 Å². The molecule has 1 aromatic rings. The third kappa shape index (κ3) is 5.42. The fraction of sp³-hybridized carbons (Fsp3) is 0.556. The highest BCUT2D eigenvalue weighted by Crippen LogP contribution is 2.25. The van der Waals surface area contributed by atoms with E-state index in [9.17, 15) is 14.0 Å². The van der Waals surface area contributed by atoms with Gasteiger partial charge in [0.1, 0.15) is 17.5 Å². The van der Waals surface area contributed by atoms with Crippen LogP contribution < -0.4 is 0 Å². The van der Waals surface area contributed by atoms with Gasteiger partial charge in [0.25, 0.3) is 0 Å². The van der Waals surface area contributed by atoms with Crippen molar-refractivity contribution in [2.45, 2.75) is 51.5 Å². The summed E-state index contributed by atoms with van der Waals surface area (Å²) >= 11 is 0. The number of rotatable bonds is 4. The molecule has 1 aromatic carbocycles. The Morgan fingerprint density at radius 3 is 2.44 bits per heavy atom. The lowest BCUT2D eigenvalue weighted by Gasteiger charge is -2.27. The average molecular weight is 353 g/mol. The first-order valence-electron chi connectivity index (χ1n) is 8.13. The number of hydrogen-bond donors (Lipinski definition) is 0. The van der Waals surface area contributed by atoms with Crippen LogP contribution in [0.1, 0.15) is 32.8 Å². The van der Waals surface area contributed by atoms with Gasteiger partial charge in [0.05, 0.1) is 26.4 Å². The molecule has 2 rings (SSSR count). The van der Waals surface area contributed by atoms with E-state index in [2.05, 4.69) is 0 Å². The van der Waals surface area contributed by atoms with Gasteiger partial charge < -0.3 is 14.2 Å². The van der Waals surface area contributed by atoms with Crippen LogP contribution in [0.2, 0.25) is 0 Å². The molecule has 0 N–H and O–H groups in total. The molecule has 25 heavy (non-hydrogen) atoms. The van der Waals surface area contributed by atoms with E-state index in [0.717, 1.165) is 5.56 Å². The maximum Gasteiger partial charge on any atom is 0.411 e. The SMILES string of the molecule is COC(=O)C1CC(OCc2ccc(F)cc2)CN1C(=O)OC(C)(C)C. The zero-order chi connectivity index (χ0) is 18.6. The van der Waals surface area contributed by atoms with Crippen LogP contribution in [0, 0.1) is 5.82 Å². The smallest absolute Gasteiger partial charge is 0.411 e. The molecular formula is C18H24FNO5. The van der Waals surface area contributed by atoms with Crippen molar-refractivity contribution in [3.05, 3.63) is 35.6 Å². The molecule has 138 valence electrons. The number of amides is 1. The number of ether oxygens (including phenoxy) is 3. The largest absolute Gasteiger partial charge is 0.467 e. The summed E-state index contributed by atoms with van der Waals surface area (Å²) in [5.74, 6) is -0.815. The molecule has 0 bridgehead atoms. The zero-order valence-corrected chi connectivity index (χ0v) is 15.0. The number of halogens is 1. The first-order valence-corrected chi connectivity index (χ1v) is 8.13. The molecule has 2 unspecified atom stereocenters. The number of carbonyl (C=O) groups is 2. The molecule has 0 aromatic heterocycles. The molecule has 6 nitrogen and oxygen atoms in total. The lowest BCUT2D eigenvalue weighted by molar-refractivity contribution is -0.145. The molecular weight excluding hydrogens is 329 g/mol. The number of methoxy groups -OCH3 is 1. The molecule has 1 heterocycles. The minimum absolute atomic E-state index is 0.232. The third-order valence-electron chi connectivity index (χ3n) is 3.76. The molecule has 0 aliphatic carbocycles. The van der Waals surface area contributed by atoms with Crippen molar-refractivity contribution in [1.29, 1.82) is 0 Å². The van der Waals surface area contributed by atoms with Crippen LogP contribution in [0.15, 0.2) is 24.3 Å². The standard InChI is InChI=1S/C18H24FNO5/c1-18(2,3)25-17(22)20-10-14(9-15(20)16(21)23-4)24-11-12-5-7-13(19)8-6-12/h5-8,14-15H,9-11H2,1-4H3. The van der Waals surface area contributed by atoms with Crippen molar-refractivity contribution in [2.75, 3.05) is 13.7 Å². The van der Waals surface area contributed by atoms with Crippen molar-refractivity contribution in [2.24, 2.45) is 0 Å². The van der Waals surface area contributed by atoms with Crippen molar-refractivity contribution in [3.8, 4) is 0 Å². The molecule has 1 aliphatic heterocycles. The highest BCUT2D eigenvalue weighted by Gasteiger charge is 2.42. The van der Waals surface area contributed by atoms with Gasteiger partial charge in [0.2, 0.25) is 0 Å². The summed E-state index contributed by atoms with van der Waals surface area (Å²) in [4.78, 5) is 25.7. The first kappa shape index (κ1) is 19.2. The topological polar surface area (TPSA) is 65.1 Å². The summed E-state index contributed by atoms with van der Waals surface area (Å²) in [6, 6.07) is 5.24. The summed E-state index contributed by atoms with van der Waals surface area (Å²) in [5, 5.41) is 0. The number of carbonyl (C=O) groups excluding carboxylic acids is 2. The highest BCUT2D eigenvalue weighted by molar-refractivity contribution is 5.82. The highest BCUT2D eigenvalue weighted by atomic mass is 19.1. The number of likely N-dealkylation sites (tertiary alicyclic amines) is 1. The number of hydrogen-bond acceptors (Lipinski definition) is 5. The van der Waals surface area contributed by atoms with E-state index in [4.69, 9.17) is 14.2 Å². The quantitative estimate of drug-likeness (QED) is 0.779. The van der Waals surface area contributed by atoms with Gasteiger partial charge >= 0.3 is 12.1 Å². The van der Waals surface area contributed by atoms with Gasteiger partial charge in [-0.15, -0.1) is 0 Å². The first-order chi connectivity index (χ1) is 11.7. The van der Waals surface area contributed by atoms with Crippen LogP contribution in [0.25, 0.3) is 0 Å². The van der Waals surface area contributed by atoms with Crippen LogP contribution in [-0.2, 0) is 25.6 Å². The minimum atomic E-state index is -0.738. The molecule has 0 spiro atoms. The van der Waals surface area contributed by atoms with Crippen LogP contribution in [0.3, 0.4) is 0 Å². The molecule has 7 heteroatoms. The predicted octanol–water partition coefficient (Wildman–Crippen LogP) is 2.89. The normalized spacial score (nSPS) is 20.4. The zero-order valence-electron chi connectivity index (χ0n) is 15.0. The van der Waals surface area contributed by atoms with Crippen LogP contribution in [0.5, 0.6) is 0 Å². The summed E-state index contributed by atoms with van der Waals surface area (Å²) < 4.78 is 28.9. The summed E-state index contributed by atoms with van der Waals surface area (Å²) in [7, 11) is 1.28. The monoisotopic (exact) mass is 353 g/mol. The minimum Gasteiger partial charge on any atom is -0.467 e. The Kier molecular flexibility index (Phi) is 6.00. The Balaban J connectivity index is 2.00. The average Bonchev–Trinajstić information content (AvgIpc) is 2.96. The van der Waals surface area contributed by atoms with Crippen LogP contribution in [0.4, 0.5) is 9.18 Å². The van der Waals surface area contributed by atoms with E-state index in [1.807, 2.05) is 0 Å². The van der Waals surface area contributed by atoms with E-state index in [1.54, 1.807) is 32.9 Å². The van der Waals surface area contributed by atoms with Gasteiger partial charge in [0.15, 0.2) is 0 Å². The second kappa shape index (κ2) is 7.82. The fourth-order valence-electron chi connectivity index (χ4n) is 2.59. The van der Waals surface area contributed by atoms with Crippen molar-refractivity contribution in [1.82, 2.24) is 4.90 Å². The summed E-state index contributed by atoms with van der Waals surface area (Å²) in [6.07, 6.45) is -0.579. The van der Waals surface area contributed by atoms with Gasteiger partial charge in [-0.05, 0) is 38.5 Å². The van der Waals surface area contributed by atoms with Crippen molar-refractivity contribution < 1.29 is 28.2 Å². The molecule has 1 aliphatic rings. The van der Waals surface area contributed by atoms with E-state index in [0.29, 0.717) is 6.42 Å². The van der Waals surface area contributed by atoms with Crippen molar-refractivity contribution in [3.63, 3.8) is 0 Å². The Hall–Kier alpha value is -2.15. The molecule has 1 fully saturated rings. The second-order valence-corrected chi connectivity index (χ2v) is 6.97. The Morgan fingerprint density at radius 1 is 1.24 bits per heavy atom. The van der Waals surface area contributed by atoms with Crippen LogP contribution in [-0.4, -0.2) is 48.4 Å². The summed E-state index contributed by atoms with van der Waals surface area (Å²) in [5.41, 5.74) is 0.150. The van der Waals surface area contributed by atoms with Gasteiger partial charge in [-0.2, -0.15) is 0 Å². The summed E-state index contributed by atoms with van der Waals surface area (Å²) in [6.45, 7) is 5.78. The van der Waals surface area contributed by atoms with Gasteiger partial charge in [-0.1, -0.05) is 12.1 Å². The molecule has 0 radical (unpaired) electrons. The third-order valence-corrected chi connectivity index (χ3v) is 3.76. The lowest BCUT2D eigenvalue weighted by atomic mass is 10.2. The Morgan fingerprint density at radius 2 is 1.88 bits per heavy atom. The van der Waals surface area contributed by atoms with E-state index in [-0.39, 0.29) is 25.1 Å². The van der Waals surface area contributed by atoms with Gasteiger partial charge in [-0.3, -0.25) is 4.90 Å².